The fraction of sp³-hybridized carbons (Fsp3) is 0.600. The van der Waals surface area contributed by atoms with Gasteiger partial charge in [-0.25, -0.2) is 0 Å². The maximum absolute atomic E-state index is 5.93. The van der Waals surface area contributed by atoms with Gasteiger partial charge in [-0.3, -0.25) is 9.98 Å². The van der Waals surface area contributed by atoms with Gasteiger partial charge >= 0.3 is 0 Å². The molecule has 158 valence electrons. The number of aliphatic imine (C=N–C) groups is 1. The van der Waals surface area contributed by atoms with E-state index in [9.17, 15) is 0 Å². The highest BCUT2D eigenvalue weighted by Crippen LogP contribution is 2.15. The SMILES string of the molecule is CN=C(NCCc1noc(-c2ccccn2)n1)N1CCC(OCCCOC)CC1. The van der Waals surface area contributed by atoms with Gasteiger partial charge in [-0.05, 0) is 31.4 Å². The van der Waals surface area contributed by atoms with E-state index in [1.54, 1.807) is 13.3 Å². The van der Waals surface area contributed by atoms with Crippen molar-refractivity contribution in [1.82, 2.24) is 25.3 Å². The van der Waals surface area contributed by atoms with Crippen molar-refractivity contribution >= 4 is 5.96 Å². The lowest BCUT2D eigenvalue weighted by molar-refractivity contribution is 0.00991. The van der Waals surface area contributed by atoms with Gasteiger partial charge in [0.05, 0.1) is 6.10 Å². The molecule has 1 N–H and O–H groups in total. The number of likely N-dealkylation sites (tertiary alicyclic amines) is 1. The van der Waals surface area contributed by atoms with E-state index >= 15 is 0 Å². The Hall–Kier alpha value is -2.52. The summed E-state index contributed by atoms with van der Waals surface area (Å²) in [6.45, 7) is 4.05. The number of nitrogens with zero attached hydrogens (tertiary/aromatic N) is 5. The number of guanidine groups is 1. The topological polar surface area (TPSA) is 97.9 Å². The first-order valence-electron chi connectivity index (χ1n) is 10.1. The lowest BCUT2D eigenvalue weighted by atomic mass is 10.1. The zero-order valence-corrected chi connectivity index (χ0v) is 17.2. The average molecular weight is 402 g/mol. The second kappa shape index (κ2) is 11.5. The third-order valence-corrected chi connectivity index (χ3v) is 4.78. The van der Waals surface area contributed by atoms with E-state index in [0.717, 1.165) is 51.5 Å². The third-order valence-electron chi connectivity index (χ3n) is 4.78. The molecule has 0 amide bonds. The average Bonchev–Trinajstić information content (AvgIpc) is 3.25. The van der Waals surface area contributed by atoms with Crippen LogP contribution in [0.25, 0.3) is 11.6 Å². The number of rotatable bonds is 9. The highest BCUT2D eigenvalue weighted by Gasteiger charge is 2.21. The molecule has 0 radical (unpaired) electrons. The molecule has 1 saturated heterocycles. The van der Waals surface area contributed by atoms with Crippen molar-refractivity contribution in [3.63, 3.8) is 0 Å². The van der Waals surface area contributed by atoms with E-state index in [1.807, 2.05) is 25.2 Å². The summed E-state index contributed by atoms with van der Waals surface area (Å²) in [6.07, 6.45) is 5.63. The van der Waals surface area contributed by atoms with Crippen LogP contribution in [0.2, 0.25) is 0 Å². The number of ether oxygens (including phenoxy) is 2. The van der Waals surface area contributed by atoms with E-state index in [2.05, 4.69) is 30.3 Å². The van der Waals surface area contributed by atoms with E-state index in [0.29, 0.717) is 36.5 Å². The Morgan fingerprint density at radius 2 is 2.17 bits per heavy atom. The Kier molecular flexibility index (Phi) is 8.39. The molecular weight excluding hydrogens is 372 g/mol. The van der Waals surface area contributed by atoms with Crippen molar-refractivity contribution in [2.24, 2.45) is 4.99 Å². The fourth-order valence-electron chi connectivity index (χ4n) is 3.25. The zero-order chi connectivity index (χ0) is 20.3. The maximum Gasteiger partial charge on any atom is 0.276 e. The monoisotopic (exact) mass is 402 g/mol. The number of nitrogens with one attached hydrogen (secondary N) is 1. The van der Waals surface area contributed by atoms with Crippen molar-refractivity contribution in [2.75, 3.05) is 47.0 Å². The first-order chi connectivity index (χ1) is 14.3. The molecule has 29 heavy (non-hydrogen) atoms. The second-order valence-corrected chi connectivity index (χ2v) is 6.86. The molecule has 3 heterocycles. The molecule has 3 rings (SSSR count). The molecule has 0 aromatic carbocycles. The molecule has 2 aromatic heterocycles. The summed E-state index contributed by atoms with van der Waals surface area (Å²) in [6, 6.07) is 5.60. The Morgan fingerprint density at radius 1 is 1.31 bits per heavy atom. The Labute approximate surface area is 171 Å². The normalized spacial score (nSPS) is 15.7. The van der Waals surface area contributed by atoms with E-state index in [-0.39, 0.29) is 0 Å². The number of aromatic nitrogens is 3. The molecule has 1 aliphatic rings. The summed E-state index contributed by atoms with van der Waals surface area (Å²) < 4.78 is 16.3. The molecule has 0 saturated carbocycles. The molecule has 1 aliphatic heterocycles. The standard InChI is InChI=1S/C20H30N6O3/c1-21-20(26-12-8-16(9-13-26)28-15-5-14-27-2)23-11-7-18-24-19(29-25-18)17-6-3-4-10-22-17/h3-4,6,10,16H,5,7-9,11-15H2,1-2H3,(H,21,23). The minimum atomic E-state index is 0.325. The number of hydrogen-bond acceptors (Lipinski definition) is 7. The number of methoxy groups -OCH3 is 1. The van der Waals surface area contributed by atoms with Gasteiger partial charge in [0.15, 0.2) is 11.8 Å². The molecule has 1 fully saturated rings. The molecular formula is C20H30N6O3. The van der Waals surface area contributed by atoms with E-state index in [4.69, 9.17) is 14.0 Å². The van der Waals surface area contributed by atoms with Crippen molar-refractivity contribution in [1.29, 1.82) is 0 Å². The van der Waals surface area contributed by atoms with Crippen LogP contribution < -0.4 is 5.32 Å². The summed E-state index contributed by atoms with van der Waals surface area (Å²) in [7, 11) is 3.53. The van der Waals surface area contributed by atoms with Gasteiger partial charge in [0, 0.05) is 59.6 Å². The molecule has 0 bridgehead atoms. The first-order valence-corrected chi connectivity index (χ1v) is 10.1. The minimum Gasteiger partial charge on any atom is -0.385 e. The van der Waals surface area contributed by atoms with Crippen molar-refractivity contribution < 1.29 is 14.0 Å². The fourth-order valence-corrected chi connectivity index (χ4v) is 3.25. The van der Waals surface area contributed by atoms with E-state index < -0.39 is 0 Å². The molecule has 2 aromatic rings. The van der Waals surface area contributed by atoms with Gasteiger partial charge in [0.1, 0.15) is 5.69 Å². The van der Waals surface area contributed by atoms with Crippen LogP contribution in [0.3, 0.4) is 0 Å². The van der Waals surface area contributed by atoms with Crippen molar-refractivity contribution in [2.45, 2.75) is 31.8 Å². The zero-order valence-electron chi connectivity index (χ0n) is 17.2. The highest BCUT2D eigenvalue weighted by atomic mass is 16.5. The van der Waals surface area contributed by atoms with Crippen LogP contribution in [0.5, 0.6) is 0 Å². The largest absolute Gasteiger partial charge is 0.385 e. The Morgan fingerprint density at radius 3 is 2.90 bits per heavy atom. The van der Waals surface area contributed by atoms with Gasteiger partial charge in [0.25, 0.3) is 5.89 Å². The van der Waals surface area contributed by atoms with Crippen molar-refractivity contribution in [3.8, 4) is 11.6 Å². The van der Waals surface area contributed by atoms with Gasteiger partial charge in [-0.1, -0.05) is 11.2 Å². The summed E-state index contributed by atoms with van der Waals surface area (Å²) in [5, 5.41) is 7.43. The van der Waals surface area contributed by atoms with Crippen LogP contribution in [0.15, 0.2) is 33.9 Å². The maximum atomic E-state index is 5.93. The molecule has 0 unspecified atom stereocenters. The number of hydrogen-bond donors (Lipinski definition) is 1. The van der Waals surface area contributed by atoms with Gasteiger partial charge in [0.2, 0.25) is 0 Å². The molecule has 0 atom stereocenters. The van der Waals surface area contributed by atoms with Crippen molar-refractivity contribution in [3.05, 3.63) is 30.2 Å². The quantitative estimate of drug-likeness (QED) is 0.385. The van der Waals surface area contributed by atoms with Gasteiger partial charge in [-0.2, -0.15) is 4.98 Å². The lowest BCUT2D eigenvalue weighted by Crippen LogP contribution is -2.47. The van der Waals surface area contributed by atoms with Crippen LogP contribution in [0.4, 0.5) is 0 Å². The van der Waals surface area contributed by atoms with E-state index in [1.165, 1.54) is 0 Å². The van der Waals surface area contributed by atoms with Crippen LogP contribution in [0, 0.1) is 0 Å². The smallest absolute Gasteiger partial charge is 0.276 e. The van der Waals surface area contributed by atoms with Crippen LogP contribution >= 0.6 is 0 Å². The highest BCUT2D eigenvalue weighted by molar-refractivity contribution is 5.79. The summed E-state index contributed by atoms with van der Waals surface area (Å²) >= 11 is 0. The second-order valence-electron chi connectivity index (χ2n) is 6.86. The summed E-state index contributed by atoms with van der Waals surface area (Å²) in [5.41, 5.74) is 0.683. The predicted molar refractivity (Wildman–Crippen MR) is 110 cm³/mol. The predicted octanol–water partition coefficient (Wildman–Crippen LogP) is 1.77. The molecule has 0 spiro atoms. The third kappa shape index (κ3) is 6.50. The van der Waals surface area contributed by atoms with Gasteiger partial charge < -0.3 is 24.2 Å². The first kappa shape index (κ1) is 21.2. The minimum absolute atomic E-state index is 0.325. The molecule has 0 aliphatic carbocycles. The molecule has 9 nitrogen and oxygen atoms in total. The van der Waals surface area contributed by atoms with Gasteiger partial charge in [-0.15, -0.1) is 0 Å². The van der Waals surface area contributed by atoms with Crippen LogP contribution in [0.1, 0.15) is 25.1 Å². The Balaban J connectivity index is 1.38. The van der Waals surface area contributed by atoms with Crippen LogP contribution in [-0.4, -0.2) is 79.1 Å². The number of pyridine rings is 1. The number of piperidine rings is 1. The lowest BCUT2D eigenvalue weighted by Gasteiger charge is -2.34. The summed E-state index contributed by atoms with van der Waals surface area (Å²) in [4.78, 5) is 15.3. The Bertz CT molecular complexity index is 744. The van der Waals surface area contributed by atoms with Crippen LogP contribution in [-0.2, 0) is 15.9 Å². The summed E-state index contributed by atoms with van der Waals surface area (Å²) in [5.74, 6) is 1.99. The molecule has 9 heteroatoms.